The molecule has 0 aliphatic heterocycles. The molecule has 2 aromatic carbocycles. The van der Waals surface area contributed by atoms with Gasteiger partial charge in [-0.2, -0.15) is 0 Å². The van der Waals surface area contributed by atoms with Crippen LogP contribution in [-0.4, -0.2) is 22.5 Å². The first kappa shape index (κ1) is 24.3. The van der Waals surface area contributed by atoms with Crippen molar-refractivity contribution in [1.82, 2.24) is 10.3 Å². The Morgan fingerprint density at radius 2 is 1.76 bits per heavy atom. The van der Waals surface area contributed by atoms with E-state index >= 15 is 0 Å². The lowest BCUT2D eigenvalue weighted by Gasteiger charge is -2.20. The second-order valence-corrected chi connectivity index (χ2v) is 9.18. The van der Waals surface area contributed by atoms with E-state index in [1.165, 1.54) is 0 Å². The van der Waals surface area contributed by atoms with Crippen molar-refractivity contribution in [2.24, 2.45) is 0 Å². The number of nitrogens with one attached hydrogen (secondary N) is 1. The van der Waals surface area contributed by atoms with Gasteiger partial charge in [0.05, 0.1) is 11.6 Å². The average molecular weight is 467 g/mol. The molecule has 0 unspecified atom stereocenters. The summed E-state index contributed by atoms with van der Waals surface area (Å²) in [5, 5.41) is 3.49. The van der Waals surface area contributed by atoms with Crippen LogP contribution in [0.3, 0.4) is 0 Å². The van der Waals surface area contributed by atoms with Gasteiger partial charge in [0.2, 0.25) is 5.88 Å². The molecular weight excluding hydrogens is 440 g/mol. The number of rotatable bonds is 6. The molecule has 3 rings (SSSR count). The van der Waals surface area contributed by atoms with Crippen LogP contribution in [0.5, 0.6) is 11.6 Å². The average Bonchev–Trinajstić information content (AvgIpc) is 2.74. The van der Waals surface area contributed by atoms with E-state index in [4.69, 9.17) is 21.1 Å². The topological polar surface area (TPSA) is 77.5 Å². The van der Waals surface area contributed by atoms with E-state index in [-0.39, 0.29) is 23.8 Å². The first-order chi connectivity index (χ1) is 15.5. The van der Waals surface area contributed by atoms with Gasteiger partial charge >= 0.3 is 5.97 Å². The molecule has 1 heterocycles. The predicted octanol–water partition coefficient (Wildman–Crippen LogP) is 6.28. The minimum atomic E-state index is -0.566. The fourth-order valence-electron chi connectivity index (χ4n) is 3.05. The van der Waals surface area contributed by atoms with Crippen molar-refractivity contribution in [2.75, 3.05) is 0 Å². The summed E-state index contributed by atoms with van der Waals surface area (Å²) in [5.74, 6) is -0.0437. The molecule has 1 amide bonds. The zero-order valence-corrected chi connectivity index (χ0v) is 20.1. The Labute approximate surface area is 198 Å². The number of ether oxygens (including phenoxy) is 2. The fraction of sp³-hybridized carbons (Fsp3) is 0.269. The maximum Gasteiger partial charge on any atom is 0.338 e. The number of hydrogen-bond donors (Lipinski definition) is 1. The first-order valence-electron chi connectivity index (χ1n) is 10.6. The second kappa shape index (κ2) is 10.0. The predicted molar refractivity (Wildman–Crippen MR) is 128 cm³/mol. The molecule has 0 aliphatic rings. The Bertz CT molecular complexity index is 1150. The first-order valence-corrected chi connectivity index (χ1v) is 10.9. The molecule has 0 saturated heterocycles. The van der Waals surface area contributed by atoms with Crippen molar-refractivity contribution in [1.29, 1.82) is 0 Å². The number of aryl methyl sites for hydroxylation is 1. The smallest absolute Gasteiger partial charge is 0.338 e. The Morgan fingerprint density at radius 1 is 1.06 bits per heavy atom. The van der Waals surface area contributed by atoms with E-state index in [0.29, 0.717) is 21.9 Å². The lowest BCUT2D eigenvalue weighted by Crippen LogP contribution is -2.27. The van der Waals surface area contributed by atoms with Crippen LogP contribution in [0.25, 0.3) is 0 Å². The van der Waals surface area contributed by atoms with Crippen LogP contribution in [0.15, 0.2) is 60.8 Å². The summed E-state index contributed by atoms with van der Waals surface area (Å²) in [4.78, 5) is 29.6. The molecule has 3 aromatic rings. The molecule has 0 fully saturated rings. The highest BCUT2D eigenvalue weighted by Gasteiger charge is 2.20. The molecule has 1 atom stereocenters. The summed E-state index contributed by atoms with van der Waals surface area (Å²) in [5.41, 5.74) is 1.87. The molecule has 0 aliphatic carbocycles. The van der Waals surface area contributed by atoms with E-state index < -0.39 is 5.60 Å². The van der Waals surface area contributed by atoms with Crippen molar-refractivity contribution in [3.05, 3.63) is 88.1 Å². The fourth-order valence-corrected chi connectivity index (χ4v) is 3.23. The number of benzene rings is 2. The summed E-state index contributed by atoms with van der Waals surface area (Å²) in [7, 11) is 0. The van der Waals surface area contributed by atoms with Crippen LogP contribution in [-0.2, 0) is 4.74 Å². The van der Waals surface area contributed by atoms with Gasteiger partial charge in [0.25, 0.3) is 5.91 Å². The molecule has 0 saturated carbocycles. The normalized spacial score (nSPS) is 12.1. The van der Waals surface area contributed by atoms with Gasteiger partial charge in [-0.15, -0.1) is 0 Å². The van der Waals surface area contributed by atoms with Gasteiger partial charge in [0, 0.05) is 11.2 Å². The number of esters is 1. The Morgan fingerprint density at radius 3 is 2.39 bits per heavy atom. The highest BCUT2D eigenvalue weighted by atomic mass is 35.5. The van der Waals surface area contributed by atoms with E-state index in [9.17, 15) is 9.59 Å². The number of carbonyl (C=O) groups excluding carboxylic acids is 2. The number of halogens is 1. The lowest BCUT2D eigenvalue weighted by molar-refractivity contribution is 0.00693. The molecule has 0 spiro atoms. The summed E-state index contributed by atoms with van der Waals surface area (Å²) in [6.07, 6.45) is 1.63. The van der Waals surface area contributed by atoms with Crippen molar-refractivity contribution in [3.63, 3.8) is 0 Å². The van der Waals surface area contributed by atoms with Crippen LogP contribution >= 0.6 is 11.6 Å². The molecule has 1 aromatic heterocycles. The van der Waals surface area contributed by atoms with Gasteiger partial charge in [-0.25, -0.2) is 9.78 Å². The van der Waals surface area contributed by atoms with Crippen LogP contribution in [0, 0.1) is 6.92 Å². The van der Waals surface area contributed by atoms with Crippen molar-refractivity contribution < 1.29 is 19.1 Å². The van der Waals surface area contributed by atoms with E-state index in [2.05, 4.69) is 10.3 Å². The van der Waals surface area contributed by atoms with Crippen molar-refractivity contribution in [3.8, 4) is 11.6 Å². The molecule has 1 N–H and O–H groups in total. The molecular formula is C26H27ClN2O4. The van der Waals surface area contributed by atoms with E-state index in [0.717, 1.165) is 11.1 Å². The number of pyridine rings is 1. The summed E-state index contributed by atoms with van der Waals surface area (Å²) in [6, 6.07) is 15.3. The molecule has 7 heteroatoms. The van der Waals surface area contributed by atoms with Gasteiger partial charge in [0.1, 0.15) is 16.9 Å². The van der Waals surface area contributed by atoms with Gasteiger partial charge < -0.3 is 14.8 Å². The third-order valence-electron chi connectivity index (χ3n) is 4.64. The Kier molecular flexibility index (Phi) is 7.39. The molecule has 172 valence electrons. The van der Waals surface area contributed by atoms with Crippen LogP contribution in [0.2, 0.25) is 5.02 Å². The maximum atomic E-state index is 13.1. The van der Waals surface area contributed by atoms with Crippen LogP contribution < -0.4 is 10.1 Å². The Hall–Kier alpha value is -3.38. The lowest BCUT2D eigenvalue weighted by atomic mass is 10.1. The minimum Gasteiger partial charge on any atom is -0.456 e. The molecule has 33 heavy (non-hydrogen) atoms. The van der Waals surface area contributed by atoms with Gasteiger partial charge in [0.15, 0.2) is 0 Å². The summed E-state index contributed by atoms with van der Waals surface area (Å²) >= 11 is 6.03. The number of hydrogen-bond acceptors (Lipinski definition) is 5. The third kappa shape index (κ3) is 6.80. The van der Waals surface area contributed by atoms with Crippen LogP contribution in [0.1, 0.15) is 65.6 Å². The SMILES string of the molecule is Cc1cnc(Oc2cccc(Cl)c2)c(C(=O)N[C@@H](C)c2ccc(C(=O)OC(C)(C)C)cc2)c1. The second-order valence-electron chi connectivity index (χ2n) is 8.74. The third-order valence-corrected chi connectivity index (χ3v) is 4.87. The highest BCUT2D eigenvalue weighted by molar-refractivity contribution is 6.30. The van der Waals surface area contributed by atoms with Gasteiger partial charge in [-0.3, -0.25) is 4.79 Å². The summed E-state index contributed by atoms with van der Waals surface area (Å²) < 4.78 is 11.2. The standard InChI is InChI=1S/C26H27ClN2O4/c1-16-13-22(24(28-15-16)32-21-8-6-7-20(27)14-21)23(30)29-17(2)18-9-11-19(12-10-18)25(31)33-26(3,4)5/h6-15,17H,1-5H3,(H,29,30)/t17-/m0/s1. The minimum absolute atomic E-state index is 0.188. The quantitative estimate of drug-likeness (QED) is 0.432. The van der Waals surface area contributed by atoms with E-state index in [1.54, 1.807) is 60.8 Å². The monoisotopic (exact) mass is 466 g/mol. The number of amides is 1. The van der Waals surface area contributed by atoms with E-state index in [1.807, 2.05) is 34.6 Å². The van der Waals surface area contributed by atoms with Crippen LogP contribution in [0.4, 0.5) is 0 Å². The van der Waals surface area contributed by atoms with Gasteiger partial charge in [-0.05, 0) is 82.1 Å². The number of nitrogens with zero attached hydrogens (tertiary/aromatic N) is 1. The largest absolute Gasteiger partial charge is 0.456 e. The molecule has 6 nitrogen and oxygen atoms in total. The number of aromatic nitrogens is 1. The van der Waals surface area contributed by atoms with Crippen molar-refractivity contribution in [2.45, 2.75) is 46.3 Å². The highest BCUT2D eigenvalue weighted by Crippen LogP contribution is 2.27. The zero-order valence-electron chi connectivity index (χ0n) is 19.3. The Balaban J connectivity index is 1.74. The summed E-state index contributed by atoms with van der Waals surface area (Å²) in [6.45, 7) is 9.18. The molecule has 0 radical (unpaired) electrons. The van der Waals surface area contributed by atoms with Crippen molar-refractivity contribution >= 4 is 23.5 Å². The van der Waals surface area contributed by atoms with Gasteiger partial charge in [-0.1, -0.05) is 29.8 Å². The number of carbonyl (C=O) groups is 2. The maximum absolute atomic E-state index is 13.1. The zero-order chi connectivity index (χ0) is 24.2. The molecule has 0 bridgehead atoms.